The molecule has 2 bridgehead atoms. The molecule has 3 rings (SSSR count). The highest BCUT2D eigenvalue weighted by atomic mass is 79.9. The maximum absolute atomic E-state index is 13.1. The van der Waals surface area contributed by atoms with Crippen molar-refractivity contribution in [1.29, 1.82) is 0 Å². The van der Waals surface area contributed by atoms with Crippen molar-refractivity contribution in [3.63, 3.8) is 0 Å². The number of hydrogen-bond acceptors (Lipinski definition) is 1. The Morgan fingerprint density at radius 3 is 2.89 bits per heavy atom. The van der Waals surface area contributed by atoms with Gasteiger partial charge in [-0.2, -0.15) is 0 Å². The Morgan fingerprint density at radius 2 is 2.17 bits per heavy atom. The fourth-order valence-corrected chi connectivity index (χ4v) is 3.59. The van der Waals surface area contributed by atoms with E-state index in [1.807, 2.05) is 0 Å². The van der Waals surface area contributed by atoms with Crippen LogP contribution >= 0.6 is 15.9 Å². The lowest BCUT2D eigenvalue weighted by molar-refractivity contribution is 0.414. The van der Waals surface area contributed by atoms with E-state index in [1.54, 1.807) is 12.1 Å². The summed E-state index contributed by atoms with van der Waals surface area (Å²) in [6.07, 6.45) is 7.40. The van der Waals surface area contributed by atoms with Gasteiger partial charge in [-0.25, -0.2) is 4.39 Å². The fourth-order valence-electron chi connectivity index (χ4n) is 3.20. The van der Waals surface area contributed by atoms with Gasteiger partial charge in [0.05, 0.1) is 0 Å². The van der Waals surface area contributed by atoms with E-state index in [9.17, 15) is 4.39 Å². The average Bonchev–Trinajstić information content (AvgIpc) is 2.96. The van der Waals surface area contributed by atoms with Crippen LogP contribution in [0.3, 0.4) is 0 Å². The summed E-state index contributed by atoms with van der Waals surface area (Å²) in [5.41, 5.74) is 0.994. The molecule has 0 spiro atoms. The van der Waals surface area contributed by atoms with Crippen molar-refractivity contribution in [1.82, 2.24) is 5.32 Å². The second-order valence-electron chi connectivity index (χ2n) is 5.41. The smallest absolute Gasteiger partial charge is 0.123 e. The van der Waals surface area contributed by atoms with Crippen LogP contribution in [-0.2, 0) is 6.54 Å². The molecule has 1 nitrogen and oxygen atoms in total. The highest BCUT2D eigenvalue weighted by Gasteiger charge is 2.34. The first-order valence-electron chi connectivity index (χ1n) is 6.55. The summed E-state index contributed by atoms with van der Waals surface area (Å²) in [6.45, 7) is 1.77. The number of rotatable bonds is 4. The molecule has 1 fully saturated rings. The zero-order valence-corrected chi connectivity index (χ0v) is 11.8. The number of fused-ring (bicyclic) bond motifs is 2. The fraction of sp³-hybridized carbons (Fsp3) is 0.467. The molecular weight excluding hydrogens is 293 g/mol. The maximum atomic E-state index is 13.1. The lowest BCUT2D eigenvalue weighted by Gasteiger charge is -2.18. The molecule has 2 aliphatic carbocycles. The minimum absolute atomic E-state index is 0.169. The summed E-state index contributed by atoms with van der Waals surface area (Å²) in [4.78, 5) is 0. The minimum Gasteiger partial charge on any atom is -0.312 e. The van der Waals surface area contributed by atoms with Crippen molar-refractivity contribution >= 4 is 15.9 Å². The highest BCUT2D eigenvalue weighted by Crippen LogP contribution is 2.42. The van der Waals surface area contributed by atoms with Gasteiger partial charge in [0, 0.05) is 11.0 Å². The van der Waals surface area contributed by atoms with Crippen LogP contribution in [0.15, 0.2) is 34.8 Å². The molecule has 18 heavy (non-hydrogen) atoms. The molecule has 3 atom stereocenters. The SMILES string of the molecule is Fc1ccc(Br)c(CNCC2CC3C=CC2C3)c1. The van der Waals surface area contributed by atoms with Gasteiger partial charge in [-0.15, -0.1) is 0 Å². The van der Waals surface area contributed by atoms with Gasteiger partial charge >= 0.3 is 0 Å². The molecule has 0 amide bonds. The van der Waals surface area contributed by atoms with E-state index < -0.39 is 0 Å². The van der Waals surface area contributed by atoms with Crippen LogP contribution in [0.2, 0.25) is 0 Å². The summed E-state index contributed by atoms with van der Waals surface area (Å²) in [6, 6.07) is 4.85. The number of nitrogens with one attached hydrogen (secondary N) is 1. The van der Waals surface area contributed by atoms with E-state index in [4.69, 9.17) is 0 Å². The van der Waals surface area contributed by atoms with Gasteiger partial charge < -0.3 is 5.32 Å². The summed E-state index contributed by atoms with van der Waals surface area (Å²) in [5.74, 6) is 2.20. The van der Waals surface area contributed by atoms with Crippen LogP contribution in [0.25, 0.3) is 0 Å². The zero-order valence-electron chi connectivity index (χ0n) is 10.2. The number of allylic oxidation sites excluding steroid dienone is 2. The van der Waals surface area contributed by atoms with E-state index in [1.165, 1.54) is 18.9 Å². The van der Waals surface area contributed by atoms with E-state index in [0.717, 1.165) is 40.9 Å². The lowest BCUT2D eigenvalue weighted by atomic mass is 9.93. The van der Waals surface area contributed by atoms with Gasteiger partial charge in [-0.05, 0) is 60.9 Å². The molecule has 1 N–H and O–H groups in total. The molecule has 0 radical (unpaired) electrons. The van der Waals surface area contributed by atoms with Crippen molar-refractivity contribution in [2.75, 3.05) is 6.54 Å². The van der Waals surface area contributed by atoms with Gasteiger partial charge in [-0.3, -0.25) is 0 Å². The topological polar surface area (TPSA) is 12.0 Å². The van der Waals surface area contributed by atoms with Crippen LogP contribution < -0.4 is 5.32 Å². The van der Waals surface area contributed by atoms with Crippen LogP contribution in [0.5, 0.6) is 0 Å². The van der Waals surface area contributed by atoms with Crippen LogP contribution in [-0.4, -0.2) is 6.54 Å². The summed E-state index contributed by atoms with van der Waals surface area (Å²) in [7, 11) is 0. The molecule has 0 aromatic heterocycles. The van der Waals surface area contributed by atoms with Crippen molar-refractivity contribution in [3.05, 3.63) is 46.2 Å². The minimum atomic E-state index is -0.169. The molecule has 3 heteroatoms. The summed E-state index contributed by atoms with van der Waals surface area (Å²) < 4.78 is 14.1. The Morgan fingerprint density at radius 1 is 1.28 bits per heavy atom. The first-order valence-corrected chi connectivity index (χ1v) is 7.34. The molecule has 2 aliphatic rings. The Labute approximate surface area is 116 Å². The second-order valence-corrected chi connectivity index (χ2v) is 6.26. The van der Waals surface area contributed by atoms with Crippen molar-refractivity contribution in [2.24, 2.45) is 17.8 Å². The zero-order chi connectivity index (χ0) is 12.5. The molecule has 1 saturated carbocycles. The van der Waals surface area contributed by atoms with E-state index in [-0.39, 0.29) is 5.82 Å². The quantitative estimate of drug-likeness (QED) is 0.832. The van der Waals surface area contributed by atoms with Crippen LogP contribution in [0, 0.1) is 23.6 Å². The summed E-state index contributed by atoms with van der Waals surface area (Å²) in [5, 5.41) is 3.47. The van der Waals surface area contributed by atoms with Crippen molar-refractivity contribution in [2.45, 2.75) is 19.4 Å². The predicted molar refractivity (Wildman–Crippen MR) is 74.7 cm³/mol. The number of halogens is 2. The van der Waals surface area contributed by atoms with Crippen molar-refractivity contribution in [3.8, 4) is 0 Å². The van der Waals surface area contributed by atoms with Crippen LogP contribution in [0.1, 0.15) is 18.4 Å². The van der Waals surface area contributed by atoms with E-state index in [2.05, 4.69) is 33.4 Å². The van der Waals surface area contributed by atoms with E-state index in [0.29, 0.717) is 0 Å². The lowest BCUT2D eigenvalue weighted by Crippen LogP contribution is -2.25. The third-order valence-electron chi connectivity index (χ3n) is 4.15. The number of benzene rings is 1. The molecule has 1 aromatic rings. The normalized spacial score (nSPS) is 29.1. The Balaban J connectivity index is 1.53. The molecule has 0 heterocycles. The third-order valence-corrected chi connectivity index (χ3v) is 4.92. The first kappa shape index (κ1) is 12.4. The van der Waals surface area contributed by atoms with Gasteiger partial charge in [0.1, 0.15) is 5.82 Å². The molecule has 0 saturated heterocycles. The Hall–Kier alpha value is -0.670. The number of hydrogen-bond donors (Lipinski definition) is 1. The van der Waals surface area contributed by atoms with Gasteiger partial charge in [0.15, 0.2) is 0 Å². The Bertz CT molecular complexity index is 472. The molecule has 1 aromatic carbocycles. The third kappa shape index (κ3) is 2.52. The van der Waals surface area contributed by atoms with Gasteiger partial charge in [0.25, 0.3) is 0 Å². The Kier molecular flexibility index (Phi) is 3.53. The average molecular weight is 310 g/mol. The van der Waals surface area contributed by atoms with E-state index >= 15 is 0 Å². The van der Waals surface area contributed by atoms with Gasteiger partial charge in [-0.1, -0.05) is 28.1 Å². The van der Waals surface area contributed by atoms with Crippen LogP contribution in [0.4, 0.5) is 4.39 Å². The highest BCUT2D eigenvalue weighted by molar-refractivity contribution is 9.10. The van der Waals surface area contributed by atoms with Gasteiger partial charge in [0.2, 0.25) is 0 Å². The first-order chi connectivity index (χ1) is 8.72. The second kappa shape index (κ2) is 5.14. The maximum Gasteiger partial charge on any atom is 0.123 e. The molecular formula is C15H17BrFN. The summed E-state index contributed by atoms with van der Waals surface area (Å²) >= 11 is 3.46. The monoisotopic (exact) mass is 309 g/mol. The standard InChI is InChI=1S/C15H17BrFN/c16-15-4-3-14(17)7-13(15)9-18-8-12-6-10-1-2-11(12)5-10/h1-4,7,10-12,18H,5-6,8-9H2. The van der Waals surface area contributed by atoms with Crippen molar-refractivity contribution < 1.29 is 4.39 Å². The molecule has 96 valence electrons. The molecule has 3 unspecified atom stereocenters. The molecule has 0 aliphatic heterocycles. The predicted octanol–water partition coefficient (Wildman–Crippen LogP) is 3.89. The largest absolute Gasteiger partial charge is 0.312 e.